The highest BCUT2D eigenvalue weighted by molar-refractivity contribution is 4.39. The van der Waals surface area contributed by atoms with E-state index in [4.69, 9.17) is 0 Å². The maximum absolute atomic E-state index is 2.36. The summed E-state index contributed by atoms with van der Waals surface area (Å²) in [5, 5.41) is 11.8. The number of hydrogen-bond donors (Lipinski definition) is 5. The van der Waals surface area contributed by atoms with Crippen molar-refractivity contribution in [3.63, 3.8) is 0 Å². The van der Waals surface area contributed by atoms with Crippen LogP contribution in [0.5, 0.6) is 0 Å². The average molecular weight is 995 g/mol. The van der Waals surface area contributed by atoms with Gasteiger partial charge in [0.1, 0.15) is 0 Å². The molecule has 0 aliphatic carbocycles. The number of quaternary nitrogens is 5. The molecule has 10 N–H and O–H groups in total. The van der Waals surface area contributed by atoms with Crippen molar-refractivity contribution in [1.82, 2.24) is 0 Å². The van der Waals surface area contributed by atoms with Gasteiger partial charge >= 0.3 is 0 Å². The molecule has 5 aliphatic heterocycles. The lowest BCUT2D eigenvalue weighted by molar-refractivity contribution is -0.635. The zero-order valence-electron chi connectivity index (χ0n) is 18.9. The van der Waals surface area contributed by atoms with Gasteiger partial charge in [-0.1, -0.05) is 0 Å². The third-order valence-electron chi connectivity index (χ3n) is 5.33. The lowest BCUT2D eigenvalue weighted by Gasteiger charge is -1.73. The first-order chi connectivity index (χ1) is 12.5. The van der Waals surface area contributed by atoms with E-state index in [0.29, 0.717) is 0 Å². The van der Waals surface area contributed by atoms with E-state index in [1.165, 1.54) is 130 Å². The lowest BCUT2D eigenvalue weighted by Crippen LogP contribution is -3.00. The summed E-state index contributed by atoms with van der Waals surface area (Å²) in [6, 6.07) is 0. The summed E-state index contributed by atoms with van der Waals surface area (Å²) in [5.74, 6) is 0. The van der Waals surface area contributed by atoms with Gasteiger partial charge in [0.2, 0.25) is 0 Å². The fraction of sp³-hybridized carbons (Fsp3) is 1.00. The smallest absolute Gasteiger partial charge is 0.0757 e. The minimum atomic E-state index is 0. The molecule has 0 unspecified atom stereocenters. The quantitative estimate of drug-likeness (QED) is 0.150. The zero-order valence-corrected chi connectivity index (χ0v) is 29.7. The topological polar surface area (TPSA) is 83.0 Å². The molecule has 0 spiro atoms. The molecule has 0 atom stereocenters. The predicted molar refractivity (Wildman–Crippen MR) is 104 cm³/mol. The van der Waals surface area contributed by atoms with Crippen LogP contribution in [-0.4, -0.2) is 65.4 Å². The van der Waals surface area contributed by atoms with Crippen molar-refractivity contribution < 1.29 is 146 Å². The molecular formula is C20H50I5N5. The van der Waals surface area contributed by atoms with E-state index in [1.807, 2.05) is 0 Å². The van der Waals surface area contributed by atoms with Crippen LogP contribution in [0.3, 0.4) is 0 Å². The first kappa shape index (κ1) is 43.5. The Hall–Kier alpha value is 3.45. The summed E-state index contributed by atoms with van der Waals surface area (Å²) in [6.07, 6.45) is 14.4. The van der Waals surface area contributed by atoms with E-state index in [9.17, 15) is 0 Å². The summed E-state index contributed by atoms with van der Waals surface area (Å²) in [7, 11) is 0. The van der Waals surface area contributed by atoms with Crippen LogP contribution in [0.15, 0.2) is 0 Å². The Morgan fingerprint density at radius 2 is 0.300 bits per heavy atom. The predicted octanol–water partition coefficient (Wildman–Crippen LogP) is -18.3. The fourth-order valence-corrected chi connectivity index (χ4v) is 3.61. The third-order valence-corrected chi connectivity index (χ3v) is 5.33. The largest absolute Gasteiger partial charge is 1.00 e. The van der Waals surface area contributed by atoms with Gasteiger partial charge in [0.05, 0.1) is 65.4 Å². The van der Waals surface area contributed by atoms with Gasteiger partial charge < -0.3 is 146 Å². The van der Waals surface area contributed by atoms with Gasteiger partial charge in [0.25, 0.3) is 0 Å². The van der Waals surface area contributed by atoms with E-state index in [0.717, 1.165) is 0 Å². The molecule has 5 aliphatic rings. The second-order valence-corrected chi connectivity index (χ2v) is 7.87. The van der Waals surface area contributed by atoms with Crippen LogP contribution >= 0.6 is 0 Å². The number of nitrogens with two attached hydrogens (primary N) is 5. The summed E-state index contributed by atoms with van der Waals surface area (Å²) in [5.41, 5.74) is 0. The summed E-state index contributed by atoms with van der Waals surface area (Å²) in [4.78, 5) is 0. The van der Waals surface area contributed by atoms with Crippen LogP contribution in [-0.2, 0) is 0 Å². The Morgan fingerprint density at radius 1 is 0.200 bits per heavy atom. The molecule has 5 nitrogen and oxygen atoms in total. The van der Waals surface area contributed by atoms with E-state index in [1.54, 1.807) is 0 Å². The molecule has 5 fully saturated rings. The number of rotatable bonds is 0. The SMILES string of the molecule is C1CC[NH2+]C1.C1CC[NH2+]C1.C1CC[NH2+]C1.C1CC[NH2+]C1.C1CC[NH2+]C1.[I-].[I-].[I-].[I-].[I-]. The van der Waals surface area contributed by atoms with Gasteiger partial charge in [-0.25, -0.2) is 0 Å². The molecular weight excluding hydrogens is 945 g/mol. The standard InChI is InChI=1S/5C4H9N.5HI/c5*1-2-4-5-3-1;;;;;/h5*5H,1-4H2;5*1H. The van der Waals surface area contributed by atoms with Gasteiger partial charge in [0.15, 0.2) is 0 Å². The Morgan fingerprint density at radius 3 is 0.333 bits per heavy atom. The maximum atomic E-state index is 2.36. The van der Waals surface area contributed by atoms with E-state index < -0.39 is 0 Å². The van der Waals surface area contributed by atoms with Gasteiger partial charge in [-0.05, 0) is 0 Å². The van der Waals surface area contributed by atoms with Crippen LogP contribution in [0.25, 0.3) is 0 Å². The van der Waals surface area contributed by atoms with E-state index in [2.05, 4.69) is 26.6 Å². The number of halogens is 5. The molecule has 0 saturated carbocycles. The molecule has 0 bridgehead atoms. The fourth-order valence-electron chi connectivity index (χ4n) is 3.61. The Bertz CT molecular complexity index is 154. The monoisotopic (exact) mass is 995 g/mol. The van der Waals surface area contributed by atoms with E-state index in [-0.39, 0.29) is 120 Å². The molecule has 5 heterocycles. The first-order valence-electron chi connectivity index (χ1n) is 11.6. The van der Waals surface area contributed by atoms with Crippen molar-refractivity contribution in [3.05, 3.63) is 0 Å². The van der Waals surface area contributed by atoms with Crippen LogP contribution < -0.4 is 146 Å². The van der Waals surface area contributed by atoms with Gasteiger partial charge in [-0.3, -0.25) is 0 Å². The van der Waals surface area contributed by atoms with E-state index >= 15 is 0 Å². The molecule has 10 heteroatoms. The highest BCUT2D eigenvalue weighted by atomic mass is 127. The third kappa shape index (κ3) is 36.0. The highest BCUT2D eigenvalue weighted by Gasteiger charge is 1.99. The lowest BCUT2D eigenvalue weighted by atomic mass is 10.4. The molecule has 5 rings (SSSR count). The second kappa shape index (κ2) is 39.7. The van der Waals surface area contributed by atoms with Crippen molar-refractivity contribution in [2.24, 2.45) is 0 Å². The molecule has 30 heavy (non-hydrogen) atoms. The van der Waals surface area contributed by atoms with Crippen molar-refractivity contribution in [1.29, 1.82) is 0 Å². The van der Waals surface area contributed by atoms with Crippen molar-refractivity contribution in [3.8, 4) is 0 Å². The summed E-state index contributed by atoms with van der Waals surface area (Å²) >= 11 is 0. The minimum Gasteiger partial charge on any atom is -1.00 e. The Balaban J connectivity index is -0.0000000833. The normalized spacial score (nSPS) is 20.0. The molecule has 0 aromatic rings. The van der Waals surface area contributed by atoms with Crippen molar-refractivity contribution in [2.75, 3.05) is 65.4 Å². The summed E-state index contributed by atoms with van der Waals surface area (Å²) < 4.78 is 0. The van der Waals surface area contributed by atoms with Crippen molar-refractivity contribution in [2.45, 2.75) is 64.2 Å². The van der Waals surface area contributed by atoms with Crippen LogP contribution in [0.1, 0.15) is 64.2 Å². The zero-order chi connectivity index (χ0) is 17.7. The Labute approximate surface area is 272 Å². The molecule has 5 saturated heterocycles. The van der Waals surface area contributed by atoms with Crippen LogP contribution in [0.4, 0.5) is 0 Å². The second-order valence-electron chi connectivity index (χ2n) is 7.87. The molecule has 190 valence electrons. The summed E-state index contributed by atoms with van der Waals surface area (Å²) in [6.45, 7) is 13.8. The minimum absolute atomic E-state index is 0. The highest BCUT2D eigenvalue weighted by Crippen LogP contribution is 1.84. The maximum Gasteiger partial charge on any atom is 0.0757 e. The van der Waals surface area contributed by atoms with Crippen molar-refractivity contribution >= 4 is 0 Å². The van der Waals surface area contributed by atoms with Crippen LogP contribution in [0, 0.1) is 0 Å². The first-order valence-corrected chi connectivity index (χ1v) is 11.6. The molecule has 0 aromatic heterocycles. The van der Waals surface area contributed by atoms with Gasteiger partial charge in [-0.15, -0.1) is 0 Å². The van der Waals surface area contributed by atoms with Gasteiger partial charge in [0, 0.05) is 64.2 Å². The average Bonchev–Trinajstić information content (AvgIpc) is 3.55. The molecule has 0 aromatic carbocycles. The molecule has 0 amide bonds. The van der Waals surface area contributed by atoms with Crippen LogP contribution in [0.2, 0.25) is 0 Å². The van der Waals surface area contributed by atoms with Gasteiger partial charge in [-0.2, -0.15) is 0 Å². The number of hydrogen-bond acceptors (Lipinski definition) is 0. The molecule has 0 radical (unpaired) electrons. The Kier molecular flexibility index (Phi) is 57.5.